The lowest BCUT2D eigenvalue weighted by Crippen LogP contribution is -2.50. The van der Waals surface area contributed by atoms with Crippen LogP contribution in [0.15, 0.2) is 36.8 Å². The number of hydrogen-bond acceptors (Lipinski definition) is 11. The maximum absolute atomic E-state index is 12.9. The molecule has 40 heavy (non-hydrogen) atoms. The topological polar surface area (TPSA) is 147 Å². The van der Waals surface area contributed by atoms with Gasteiger partial charge in [-0.25, -0.2) is 24.5 Å². The molecule has 3 aliphatic rings. The zero-order valence-electron chi connectivity index (χ0n) is 22.8. The van der Waals surface area contributed by atoms with E-state index in [2.05, 4.69) is 42.0 Å². The molecule has 2 bridgehead atoms. The van der Waals surface area contributed by atoms with Crippen molar-refractivity contribution in [3.63, 3.8) is 0 Å². The van der Waals surface area contributed by atoms with E-state index in [1.165, 1.54) is 12.4 Å². The number of likely N-dealkylation sites (tertiary alicyclic amines) is 1. The molecule has 14 heteroatoms. The standard InChI is InChI=1S/C26H35N9O5/c1-4-38-23-13-28-22(12-29-23)31-25(36)33(3)18-6-5-9-35(14-18)24-27-8-7-21(30-24)32-26(37)39-11-10-34-15-20-17(2)19(34)16-40-20/h7-8,12-13,18-20H,2,4-6,9-11,14-16H2,1,3H3,(H,28,31,36)(H,27,30,32,37)/t18-,19-,20-/m1/s1. The molecular weight excluding hydrogens is 518 g/mol. The van der Waals surface area contributed by atoms with E-state index in [0.29, 0.717) is 49.8 Å². The van der Waals surface area contributed by atoms with Gasteiger partial charge in [0.2, 0.25) is 11.8 Å². The van der Waals surface area contributed by atoms with Crippen molar-refractivity contribution >= 4 is 29.7 Å². The third kappa shape index (κ3) is 6.39. The fraction of sp³-hybridized carbons (Fsp3) is 0.538. The van der Waals surface area contributed by atoms with Gasteiger partial charge in [0.25, 0.3) is 0 Å². The van der Waals surface area contributed by atoms with Crippen LogP contribution in [0.1, 0.15) is 19.8 Å². The van der Waals surface area contributed by atoms with Crippen LogP contribution in [0.2, 0.25) is 0 Å². The molecule has 2 aromatic heterocycles. The fourth-order valence-electron chi connectivity index (χ4n) is 5.12. The number of morpholine rings is 1. The number of piperidine rings is 1. The van der Waals surface area contributed by atoms with E-state index in [4.69, 9.17) is 14.2 Å². The molecular formula is C26H35N9O5. The summed E-state index contributed by atoms with van der Waals surface area (Å²) in [5, 5.41) is 5.46. The van der Waals surface area contributed by atoms with E-state index in [-0.39, 0.29) is 30.8 Å². The highest BCUT2D eigenvalue weighted by Gasteiger charge is 2.42. The van der Waals surface area contributed by atoms with Gasteiger partial charge in [0.1, 0.15) is 12.4 Å². The predicted octanol–water partition coefficient (Wildman–Crippen LogP) is 1.99. The van der Waals surface area contributed by atoms with E-state index in [9.17, 15) is 9.59 Å². The zero-order chi connectivity index (χ0) is 28.1. The second-order valence-electron chi connectivity index (χ2n) is 9.87. The summed E-state index contributed by atoms with van der Waals surface area (Å²) in [7, 11) is 1.75. The number of ether oxygens (including phenoxy) is 3. The Morgan fingerprint density at radius 3 is 2.80 bits per heavy atom. The summed E-state index contributed by atoms with van der Waals surface area (Å²) in [6.07, 6.45) is 5.73. The lowest BCUT2D eigenvalue weighted by Gasteiger charge is -2.37. The number of amides is 3. The van der Waals surface area contributed by atoms with Crippen LogP contribution in [0.25, 0.3) is 0 Å². The summed E-state index contributed by atoms with van der Waals surface area (Å²) >= 11 is 0. The highest BCUT2D eigenvalue weighted by atomic mass is 16.5. The molecule has 0 aliphatic carbocycles. The first-order chi connectivity index (χ1) is 19.4. The Morgan fingerprint density at radius 2 is 2.08 bits per heavy atom. The second kappa shape index (κ2) is 12.4. The molecule has 0 spiro atoms. The SMILES string of the molecule is C=C1[C@H]2CO[C@@H]1CN2CCOC(=O)Nc1ccnc(N2CCC[C@@H](N(C)C(=O)Nc3cnc(OCC)cn3)C2)n1. The molecule has 0 saturated carbocycles. The maximum atomic E-state index is 12.9. The van der Waals surface area contributed by atoms with Gasteiger partial charge < -0.3 is 24.0 Å². The number of anilines is 3. The Bertz CT molecular complexity index is 1210. The Kier molecular flexibility index (Phi) is 8.55. The normalized spacial score (nSPS) is 22.2. The van der Waals surface area contributed by atoms with Gasteiger partial charge in [-0.2, -0.15) is 4.98 Å². The lowest BCUT2D eigenvalue weighted by molar-refractivity contribution is 0.0239. The molecule has 214 valence electrons. The molecule has 0 radical (unpaired) electrons. The summed E-state index contributed by atoms with van der Waals surface area (Å²) in [6.45, 7) is 10.0. The Hall–Kier alpha value is -4.04. The molecule has 0 unspecified atom stereocenters. The number of carbonyl (C=O) groups excluding carboxylic acids is 2. The number of likely N-dealkylation sites (N-methyl/N-ethyl adjacent to an activating group) is 1. The molecule has 3 amide bonds. The quantitative estimate of drug-likeness (QED) is 0.439. The molecule has 5 heterocycles. The highest BCUT2D eigenvalue weighted by molar-refractivity contribution is 5.88. The molecule has 3 fully saturated rings. The average molecular weight is 554 g/mol. The van der Waals surface area contributed by atoms with Crippen molar-refractivity contribution < 1.29 is 23.8 Å². The van der Waals surface area contributed by atoms with Crippen LogP contribution in [0.3, 0.4) is 0 Å². The fourth-order valence-corrected chi connectivity index (χ4v) is 5.12. The minimum Gasteiger partial charge on any atom is -0.477 e. The largest absolute Gasteiger partial charge is 0.477 e. The van der Waals surface area contributed by atoms with Gasteiger partial charge in [-0.3, -0.25) is 15.5 Å². The average Bonchev–Trinajstić information content (AvgIpc) is 3.47. The number of carbonyl (C=O) groups is 2. The van der Waals surface area contributed by atoms with Crippen LogP contribution in [0, 0.1) is 0 Å². The van der Waals surface area contributed by atoms with E-state index in [1.54, 1.807) is 24.2 Å². The van der Waals surface area contributed by atoms with Crippen LogP contribution >= 0.6 is 0 Å². The van der Waals surface area contributed by atoms with Crippen LogP contribution in [-0.2, 0) is 9.47 Å². The van der Waals surface area contributed by atoms with E-state index >= 15 is 0 Å². The maximum Gasteiger partial charge on any atom is 0.412 e. The number of urea groups is 1. The van der Waals surface area contributed by atoms with Gasteiger partial charge in [-0.15, -0.1) is 0 Å². The number of fused-ring (bicyclic) bond motifs is 2. The highest BCUT2D eigenvalue weighted by Crippen LogP contribution is 2.31. The molecule has 3 saturated heterocycles. The van der Waals surface area contributed by atoms with Gasteiger partial charge in [-0.05, 0) is 31.4 Å². The molecule has 0 aromatic carbocycles. The van der Waals surface area contributed by atoms with Crippen molar-refractivity contribution in [3.05, 3.63) is 36.8 Å². The van der Waals surface area contributed by atoms with Crippen LogP contribution < -0.4 is 20.3 Å². The number of nitrogens with zero attached hydrogens (tertiary/aromatic N) is 7. The monoisotopic (exact) mass is 553 g/mol. The summed E-state index contributed by atoms with van der Waals surface area (Å²) in [5.74, 6) is 1.56. The van der Waals surface area contributed by atoms with Crippen LogP contribution in [0.4, 0.5) is 27.2 Å². The van der Waals surface area contributed by atoms with Crippen molar-refractivity contribution in [1.82, 2.24) is 29.7 Å². The Balaban J connectivity index is 1.10. The van der Waals surface area contributed by atoms with Crippen molar-refractivity contribution in [2.75, 3.05) is 68.6 Å². The van der Waals surface area contributed by atoms with E-state index in [0.717, 1.165) is 31.5 Å². The van der Waals surface area contributed by atoms with Gasteiger partial charge in [-0.1, -0.05) is 6.58 Å². The first kappa shape index (κ1) is 27.5. The van der Waals surface area contributed by atoms with Crippen molar-refractivity contribution in [1.29, 1.82) is 0 Å². The van der Waals surface area contributed by atoms with Crippen LogP contribution in [-0.4, -0.2) is 113 Å². The van der Waals surface area contributed by atoms with Gasteiger partial charge in [0, 0.05) is 39.4 Å². The summed E-state index contributed by atoms with van der Waals surface area (Å²) in [6, 6.07) is 1.46. The van der Waals surface area contributed by atoms with E-state index < -0.39 is 6.09 Å². The molecule has 14 nitrogen and oxygen atoms in total. The molecule has 2 N–H and O–H groups in total. The molecule has 3 atom stereocenters. The van der Waals surface area contributed by atoms with Crippen molar-refractivity contribution in [3.8, 4) is 5.88 Å². The molecule has 5 rings (SSSR count). The van der Waals surface area contributed by atoms with Crippen LogP contribution in [0.5, 0.6) is 5.88 Å². The minimum atomic E-state index is -0.575. The third-order valence-corrected chi connectivity index (χ3v) is 7.33. The van der Waals surface area contributed by atoms with Crippen molar-refractivity contribution in [2.45, 2.75) is 38.0 Å². The van der Waals surface area contributed by atoms with Gasteiger partial charge >= 0.3 is 12.1 Å². The third-order valence-electron chi connectivity index (χ3n) is 7.33. The lowest BCUT2D eigenvalue weighted by atomic mass is 10.1. The minimum absolute atomic E-state index is 0.0723. The van der Waals surface area contributed by atoms with E-state index in [1.807, 2.05) is 11.8 Å². The predicted molar refractivity (Wildman–Crippen MR) is 146 cm³/mol. The summed E-state index contributed by atoms with van der Waals surface area (Å²) in [4.78, 5) is 48.3. The summed E-state index contributed by atoms with van der Waals surface area (Å²) < 4.78 is 16.3. The Labute approximate surface area is 232 Å². The zero-order valence-corrected chi connectivity index (χ0v) is 22.8. The number of rotatable bonds is 9. The number of aromatic nitrogens is 4. The number of hydrogen-bond donors (Lipinski definition) is 2. The Morgan fingerprint density at radius 1 is 1.20 bits per heavy atom. The number of nitrogens with one attached hydrogen (secondary N) is 2. The smallest absolute Gasteiger partial charge is 0.412 e. The first-order valence-corrected chi connectivity index (χ1v) is 13.5. The molecule has 3 aliphatic heterocycles. The summed E-state index contributed by atoms with van der Waals surface area (Å²) in [5.41, 5.74) is 1.10. The first-order valence-electron chi connectivity index (χ1n) is 13.5. The van der Waals surface area contributed by atoms with Gasteiger partial charge in [0.05, 0.1) is 43.8 Å². The second-order valence-corrected chi connectivity index (χ2v) is 9.87. The van der Waals surface area contributed by atoms with Crippen molar-refractivity contribution in [2.24, 2.45) is 0 Å². The molecule has 2 aromatic rings. The van der Waals surface area contributed by atoms with Gasteiger partial charge in [0.15, 0.2) is 5.82 Å².